The van der Waals surface area contributed by atoms with E-state index in [0.717, 1.165) is 18.3 Å². The lowest BCUT2D eigenvalue weighted by Gasteiger charge is -2.59. The van der Waals surface area contributed by atoms with Crippen molar-refractivity contribution >= 4 is 11.9 Å². The predicted molar refractivity (Wildman–Crippen MR) is 90.8 cm³/mol. The highest BCUT2D eigenvalue weighted by atomic mass is 16.6. The molecule has 1 aliphatic heterocycles. The fourth-order valence-electron chi connectivity index (χ4n) is 8.19. The minimum atomic E-state index is -0.370. The number of esters is 2. The fraction of sp³-hybridized carbons (Fsp3) is 0.905. The molecule has 5 nitrogen and oxygen atoms in total. The van der Waals surface area contributed by atoms with Gasteiger partial charge in [0.2, 0.25) is 0 Å². The number of hydrogen-bond donors (Lipinski definition) is 0. The zero-order valence-electron chi connectivity index (χ0n) is 15.6. The van der Waals surface area contributed by atoms with Crippen LogP contribution in [0.25, 0.3) is 0 Å². The molecule has 0 radical (unpaired) electrons. The van der Waals surface area contributed by atoms with E-state index in [-0.39, 0.29) is 53.4 Å². The van der Waals surface area contributed by atoms with Crippen LogP contribution in [0.4, 0.5) is 0 Å². The van der Waals surface area contributed by atoms with Crippen molar-refractivity contribution in [3.05, 3.63) is 0 Å². The summed E-state index contributed by atoms with van der Waals surface area (Å²) in [7, 11) is 1.66. The van der Waals surface area contributed by atoms with E-state index >= 15 is 0 Å². The molecule has 5 heteroatoms. The average Bonchev–Trinajstić information content (AvgIpc) is 3.20. The zero-order valence-corrected chi connectivity index (χ0v) is 15.6. The van der Waals surface area contributed by atoms with Gasteiger partial charge < -0.3 is 14.2 Å². The molecule has 7 rings (SSSR count). The van der Waals surface area contributed by atoms with Crippen LogP contribution in [-0.2, 0) is 23.8 Å². The zero-order chi connectivity index (χ0) is 17.8. The lowest BCUT2D eigenvalue weighted by molar-refractivity contribution is -0.210. The molecule has 26 heavy (non-hydrogen) atoms. The molecule has 7 aliphatic rings. The number of rotatable bonds is 3. The van der Waals surface area contributed by atoms with Crippen molar-refractivity contribution in [2.75, 3.05) is 7.11 Å². The maximum atomic E-state index is 13.3. The van der Waals surface area contributed by atoms with Gasteiger partial charge in [0.05, 0.1) is 17.9 Å². The summed E-state index contributed by atoms with van der Waals surface area (Å²) in [6.45, 7) is 2.18. The van der Waals surface area contributed by atoms with Gasteiger partial charge in [-0.2, -0.15) is 0 Å². The van der Waals surface area contributed by atoms with E-state index in [9.17, 15) is 9.59 Å². The van der Waals surface area contributed by atoms with Crippen molar-refractivity contribution < 1.29 is 23.8 Å². The molecule has 0 aromatic rings. The Labute approximate surface area is 154 Å². The molecule has 6 unspecified atom stereocenters. The number of hydrogen-bond acceptors (Lipinski definition) is 5. The van der Waals surface area contributed by atoms with Gasteiger partial charge in [0.1, 0.15) is 11.7 Å². The van der Waals surface area contributed by atoms with E-state index in [1.54, 1.807) is 7.11 Å². The normalized spacial score (nSPS) is 58.3. The summed E-state index contributed by atoms with van der Waals surface area (Å²) >= 11 is 0. The molecular formula is C21H28O5. The van der Waals surface area contributed by atoms with E-state index in [2.05, 4.69) is 6.92 Å². The molecule has 6 bridgehead atoms. The van der Waals surface area contributed by atoms with Gasteiger partial charge in [0.25, 0.3) is 0 Å². The Morgan fingerprint density at radius 1 is 1.04 bits per heavy atom. The third-order valence-corrected chi connectivity index (χ3v) is 9.17. The van der Waals surface area contributed by atoms with Gasteiger partial charge in [-0.25, -0.2) is 0 Å². The van der Waals surface area contributed by atoms with Crippen molar-refractivity contribution in [2.45, 2.75) is 63.3 Å². The van der Waals surface area contributed by atoms with Crippen LogP contribution < -0.4 is 0 Å². The summed E-state index contributed by atoms with van der Waals surface area (Å²) in [6.07, 6.45) is 6.78. The first kappa shape index (κ1) is 15.9. The highest BCUT2D eigenvalue weighted by Crippen LogP contribution is 2.62. The second-order valence-electron chi connectivity index (χ2n) is 10.1. The molecule has 0 amide bonds. The Morgan fingerprint density at radius 3 is 2.31 bits per heavy atom. The van der Waals surface area contributed by atoms with E-state index < -0.39 is 0 Å². The third-order valence-electron chi connectivity index (χ3n) is 9.17. The molecule has 0 N–H and O–H groups in total. The minimum absolute atomic E-state index is 0.0689. The molecule has 142 valence electrons. The third kappa shape index (κ3) is 1.81. The fourth-order valence-corrected chi connectivity index (χ4v) is 8.19. The lowest BCUT2D eigenvalue weighted by atomic mass is 9.50. The summed E-state index contributed by atoms with van der Waals surface area (Å²) in [5, 5.41) is 0. The van der Waals surface area contributed by atoms with Crippen LogP contribution in [0.5, 0.6) is 0 Å². The van der Waals surface area contributed by atoms with Gasteiger partial charge in [-0.15, -0.1) is 0 Å². The molecule has 0 aromatic carbocycles. The summed E-state index contributed by atoms with van der Waals surface area (Å²) in [5.74, 6) is 1.86. The topological polar surface area (TPSA) is 61.8 Å². The maximum absolute atomic E-state index is 13.3. The highest BCUT2D eigenvalue weighted by Gasteiger charge is 2.70. The molecule has 0 spiro atoms. The molecule has 7 fully saturated rings. The Balaban J connectivity index is 1.27. The second-order valence-corrected chi connectivity index (χ2v) is 10.1. The number of methoxy groups -OCH3 is 1. The monoisotopic (exact) mass is 360 g/mol. The first-order valence-corrected chi connectivity index (χ1v) is 10.5. The van der Waals surface area contributed by atoms with Gasteiger partial charge in [-0.1, -0.05) is 0 Å². The van der Waals surface area contributed by atoms with E-state index in [1.165, 1.54) is 32.1 Å². The number of carbonyl (C=O) groups is 2. The van der Waals surface area contributed by atoms with E-state index in [4.69, 9.17) is 14.2 Å². The van der Waals surface area contributed by atoms with Gasteiger partial charge in [0, 0.05) is 18.9 Å². The lowest BCUT2D eigenvalue weighted by Crippen LogP contribution is -2.59. The van der Waals surface area contributed by atoms with Crippen LogP contribution in [0.2, 0.25) is 0 Å². The van der Waals surface area contributed by atoms with Gasteiger partial charge in [-0.05, 0) is 69.1 Å². The Bertz CT molecular complexity index is 643. The van der Waals surface area contributed by atoms with Gasteiger partial charge in [0.15, 0.2) is 0 Å². The second kappa shape index (κ2) is 5.03. The van der Waals surface area contributed by atoms with Crippen LogP contribution in [0, 0.1) is 47.3 Å². The summed E-state index contributed by atoms with van der Waals surface area (Å²) in [4.78, 5) is 25.7. The average molecular weight is 360 g/mol. The smallest absolute Gasteiger partial charge is 0.310 e. The standard InChI is InChI=1S/C21H28O5/c1-21(11-4-9-3-10(6-11)7-12(21)5-9)26-20(23)16-13-8-14-15(16)19(22)25-18(14)17(13)24-2/h9-18H,3-8H2,1-2H3. The highest BCUT2D eigenvalue weighted by molar-refractivity contribution is 5.86. The first-order valence-electron chi connectivity index (χ1n) is 10.5. The van der Waals surface area contributed by atoms with Crippen LogP contribution in [0.3, 0.4) is 0 Å². The van der Waals surface area contributed by atoms with E-state index in [1.807, 2.05) is 0 Å². The van der Waals surface area contributed by atoms with Crippen molar-refractivity contribution in [1.29, 1.82) is 0 Å². The first-order chi connectivity index (χ1) is 12.5. The minimum Gasteiger partial charge on any atom is -0.459 e. The Kier molecular flexibility index (Phi) is 3.08. The number of carbonyl (C=O) groups excluding carboxylic acids is 2. The maximum Gasteiger partial charge on any atom is 0.310 e. The Hall–Kier alpha value is -1.10. The van der Waals surface area contributed by atoms with Crippen molar-refractivity contribution in [3.8, 4) is 0 Å². The van der Waals surface area contributed by atoms with Crippen molar-refractivity contribution in [1.82, 2.24) is 0 Å². The van der Waals surface area contributed by atoms with Crippen LogP contribution in [0.1, 0.15) is 45.4 Å². The quantitative estimate of drug-likeness (QED) is 0.724. The molecule has 6 saturated carbocycles. The van der Waals surface area contributed by atoms with Crippen molar-refractivity contribution in [2.24, 2.45) is 47.3 Å². The SMILES string of the molecule is COC1C2CC3C1OC(=O)C3C2C(=O)OC1(C)C2CC3CC(C2)CC1C3. The number of ether oxygens (including phenoxy) is 3. The molecule has 1 heterocycles. The summed E-state index contributed by atoms with van der Waals surface area (Å²) < 4.78 is 17.5. The van der Waals surface area contributed by atoms with Gasteiger partial charge >= 0.3 is 11.9 Å². The molecule has 0 aromatic heterocycles. The number of fused-ring (bicyclic) bond motifs is 1. The van der Waals surface area contributed by atoms with Crippen LogP contribution in [0.15, 0.2) is 0 Å². The largest absolute Gasteiger partial charge is 0.459 e. The van der Waals surface area contributed by atoms with E-state index in [0.29, 0.717) is 11.8 Å². The predicted octanol–water partition coefficient (Wildman–Crippen LogP) is 2.57. The molecule has 6 atom stereocenters. The molecule has 1 saturated heterocycles. The summed E-state index contributed by atoms with van der Waals surface area (Å²) in [6, 6.07) is 0. The van der Waals surface area contributed by atoms with Crippen LogP contribution in [-0.4, -0.2) is 36.9 Å². The van der Waals surface area contributed by atoms with Crippen molar-refractivity contribution in [3.63, 3.8) is 0 Å². The summed E-state index contributed by atoms with van der Waals surface area (Å²) in [5.41, 5.74) is -0.336. The molecular weight excluding hydrogens is 332 g/mol. The molecule has 6 aliphatic carbocycles. The van der Waals surface area contributed by atoms with Gasteiger partial charge in [-0.3, -0.25) is 9.59 Å². The Morgan fingerprint density at radius 2 is 1.69 bits per heavy atom. The van der Waals surface area contributed by atoms with Crippen LogP contribution >= 0.6 is 0 Å².